The molecular formula is C16H19FN4O3. The highest BCUT2D eigenvalue weighted by Gasteiger charge is 2.32. The van der Waals surface area contributed by atoms with E-state index in [0.29, 0.717) is 18.6 Å². The third kappa shape index (κ3) is 2.21. The van der Waals surface area contributed by atoms with Crippen LogP contribution in [0.4, 0.5) is 10.1 Å². The van der Waals surface area contributed by atoms with Crippen LogP contribution in [0.3, 0.4) is 0 Å². The Balaban J connectivity index is 2.07. The minimum atomic E-state index is -0.603. The van der Waals surface area contributed by atoms with E-state index in [1.165, 1.54) is 17.7 Å². The SMILES string of the molecule is COc1c(N2CCC(N)C2)c(F)cc2c(=O)[nH]c(=O)n(C3CC3)c12. The summed E-state index contributed by atoms with van der Waals surface area (Å²) in [4.78, 5) is 28.6. The zero-order chi connectivity index (χ0) is 17.0. The number of aromatic nitrogens is 2. The first-order chi connectivity index (χ1) is 11.5. The second-order valence-corrected chi connectivity index (χ2v) is 6.49. The van der Waals surface area contributed by atoms with Crippen LogP contribution in [0.2, 0.25) is 0 Å². The van der Waals surface area contributed by atoms with E-state index in [1.807, 2.05) is 4.90 Å². The highest BCUT2D eigenvalue weighted by atomic mass is 19.1. The molecule has 2 heterocycles. The second kappa shape index (κ2) is 5.34. The van der Waals surface area contributed by atoms with Crippen LogP contribution in [0.1, 0.15) is 25.3 Å². The molecule has 2 fully saturated rings. The molecule has 1 aliphatic carbocycles. The van der Waals surface area contributed by atoms with Crippen LogP contribution >= 0.6 is 0 Å². The monoisotopic (exact) mass is 334 g/mol. The van der Waals surface area contributed by atoms with Crippen LogP contribution in [0, 0.1) is 5.82 Å². The Hall–Kier alpha value is -2.35. The van der Waals surface area contributed by atoms with E-state index in [4.69, 9.17) is 10.5 Å². The number of hydrogen-bond acceptors (Lipinski definition) is 5. The third-order valence-corrected chi connectivity index (χ3v) is 4.76. The number of ether oxygens (including phenoxy) is 1. The van der Waals surface area contributed by atoms with Gasteiger partial charge in [0.1, 0.15) is 11.2 Å². The Labute approximate surface area is 136 Å². The van der Waals surface area contributed by atoms with Gasteiger partial charge in [0.05, 0.1) is 12.5 Å². The highest BCUT2D eigenvalue weighted by Crippen LogP contribution is 2.42. The zero-order valence-electron chi connectivity index (χ0n) is 13.3. The van der Waals surface area contributed by atoms with Crippen molar-refractivity contribution in [2.24, 2.45) is 5.73 Å². The van der Waals surface area contributed by atoms with Crippen LogP contribution in [-0.2, 0) is 0 Å². The molecular weight excluding hydrogens is 315 g/mol. The molecule has 0 amide bonds. The number of fused-ring (bicyclic) bond motifs is 1. The predicted octanol–water partition coefficient (Wildman–Crippen LogP) is 0.710. The van der Waals surface area contributed by atoms with Crippen molar-refractivity contribution in [1.82, 2.24) is 9.55 Å². The van der Waals surface area contributed by atoms with Crippen molar-refractivity contribution < 1.29 is 9.13 Å². The van der Waals surface area contributed by atoms with E-state index in [-0.39, 0.29) is 28.9 Å². The van der Waals surface area contributed by atoms with Crippen molar-refractivity contribution >= 4 is 16.6 Å². The van der Waals surface area contributed by atoms with Gasteiger partial charge in [-0.3, -0.25) is 14.3 Å². The summed E-state index contributed by atoms with van der Waals surface area (Å²) in [6.45, 7) is 1.12. The van der Waals surface area contributed by atoms with Gasteiger partial charge in [-0.2, -0.15) is 0 Å². The molecule has 1 saturated heterocycles. The summed E-state index contributed by atoms with van der Waals surface area (Å²) in [6, 6.07) is 1.17. The van der Waals surface area contributed by atoms with Crippen molar-refractivity contribution in [1.29, 1.82) is 0 Å². The fraction of sp³-hybridized carbons (Fsp3) is 0.500. The summed E-state index contributed by atoms with van der Waals surface area (Å²) >= 11 is 0. The number of rotatable bonds is 3. The molecule has 7 nitrogen and oxygen atoms in total. The molecule has 1 unspecified atom stereocenters. The lowest BCUT2D eigenvalue weighted by atomic mass is 10.1. The minimum absolute atomic E-state index is 0.0184. The number of benzene rings is 1. The van der Waals surface area contributed by atoms with Gasteiger partial charge < -0.3 is 15.4 Å². The molecule has 8 heteroatoms. The number of H-pyrrole nitrogens is 1. The van der Waals surface area contributed by atoms with Crippen molar-refractivity contribution in [3.05, 3.63) is 32.7 Å². The topological polar surface area (TPSA) is 93.3 Å². The number of nitrogens with zero attached hydrogens (tertiary/aromatic N) is 2. The average Bonchev–Trinajstić information content (AvgIpc) is 3.28. The van der Waals surface area contributed by atoms with Gasteiger partial charge in [-0.05, 0) is 25.3 Å². The molecule has 4 rings (SSSR count). The number of anilines is 1. The van der Waals surface area contributed by atoms with Crippen molar-refractivity contribution in [2.75, 3.05) is 25.1 Å². The normalized spacial score (nSPS) is 20.8. The third-order valence-electron chi connectivity index (χ3n) is 4.76. The molecule has 2 aliphatic rings. The Morgan fingerprint density at radius 3 is 2.67 bits per heavy atom. The van der Waals surface area contributed by atoms with E-state index in [1.54, 1.807) is 0 Å². The lowest BCUT2D eigenvalue weighted by Gasteiger charge is -2.23. The van der Waals surface area contributed by atoms with Crippen molar-refractivity contribution in [2.45, 2.75) is 31.3 Å². The Kier molecular flexibility index (Phi) is 3.38. The molecule has 2 aromatic rings. The summed E-state index contributed by atoms with van der Waals surface area (Å²) < 4.78 is 21.8. The lowest BCUT2D eigenvalue weighted by molar-refractivity contribution is 0.413. The Bertz CT molecular complexity index is 932. The lowest BCUT2D eigenvalue weighted by Crippen LogP contribution is -2.31. The molecule has 0 bridgehead atoms. The summed E-state index contributed by atoms with van der Waals surface area (Å²) in [5.74, 6) is -0.311. The summed E-state index contributed by atoms with van der Waals surface area (Å²) in [7, 11) is 1.43. The molecule has 3 N–H and O–H groups in total. The first-order valence-electron chi connectivity index (χ1n) is 8.06. The number of methoxy groups -OCH3 is 1. The van der Waals surface area contributed by atoms with Crippen LogP contribution < -0.4 is 26.6 Å². The van der Waals surface area contributed by atoms with Gasteiger partial charge >= 0.3 is 5.69 Å². The maximum absolute atomic E-state index is 14.8. The summed E-state index contributed by atoms with van der Waals surface area (Å²) in [6.07, 6.45) is 2.46. The number of halogens is 1. The molecule has 1 atom stereocenters. The molecule has 1 aliphatic heterocycles. The van der Waals surface area contributed by atoms with Crippen LogP contribution in [0.25, 0.3) is 10.9 Å². The van der Waals surface area contributed by atoms with E-state index in [0.717, 1.165) is 19.3 Å². The molecule has 1 aromatic heterocycles. The van der Waals surface area contributed by atoms with E-state index < -0.39 is 17.1 Å². The molecule has 1 saturated carbocycles. The molecule has 0 radical (unpaired) electrons. The van der Waals surface area contributed by atoms with E-state index in [9.17, 15) is 14.0 Å². The van der Waals surface area contributed by atoms with Gasteiger partial charge in [0.25, 0.3) is 5.56 Å². The largest absolute Gasteiger partial charge is 0.492 e. The zero-order valence-corrected chi connectivity index (χ0v) is 13.3. The number of hydrogen-bond donors (Lipinski definition) is 2. The first-order valence-corrected chi connectivity index (χ1v) is 8.06. The molecule has 0 spiro atoms. The van der Waals surface area contributed by atoms with Crippen LogP contribution in [0.5, 0.6) is 5.75 Å². The maximum atomic E-state index is 14.8. The first kappa shape index (κ1) is 15.2. The van der Waals surface area contributed by atoms with Gasteiger partial charge in [-0.25, -0.2) is 9.18 Å². The number of aromatic amines is 1. The number of nitrogens with one attached hydrogen (secondary N) is 1. The Morgan fingerprint density at radius 1 is 1.33 bits per heavy atom. The standard InChI is InChI=1S/C16H19FN4O3/c1-24-14-12-10(15(22)19-16(23)21(12)9-2-3-9)6-11(17)13(14)20-5-4-8(18)7-20/h6,8-9H,2-5,7,18H2,1H3,(H,19,22,23). The van der Waals surface area contributed by atoms with E-state index >= 15 is 0 Å². The highest BCUT2D eigenvalue weighted by molar-refractivity contribution is 5.91. The number of nitrogens with two attached hydrogens (primary N) is 1. The minimum Gasteiger partial charge on any atom is -0.492 e. The smallest absolute Gasteiger partial charge is 0.329 e. The van der Waals surface area contributed by atoms with Crippen LogP contribution in [-0.4, -0.2) is 35.8 Å². The average molecular weight is 334 g/mol. The van der Waals surface area contributed by atoms with Gasteiger partial charge in [0.2, 0.25) is 0 Å². The molecule has 24 heavy (non-hydrogen) atoms. The predicted molar refractivity (Wildman–Crippen MR) is 88.4 cm³/mol. The summed E-state index contributed by atoms with van der Waals surface area (Å²) in [5.41, 5.74) is 5.49. The van der Waals surface area contributed by atoms with Crippen molar-refractivity contribution in [3.8, 4) is 5.75 Å². The maximum Gasteiger partial charge on any atom is 0.329 e. The van der Waals surface area contributed by atoms with Gasteiger partial charge in [0, 0.05) is 25.2 Å². The quantitative estimate of drug-likeness (QED) is 0.862. The second-order valence-electron chi connectivity index (χ2n) is 6.49. The van der Waals surface area contributed by atoms with Gasteiger partial charge in [-0.15, -0.1) is 0 Å². The van der Waals surface area contributed by atoms with Gasteiger partial charge in [0.15, 0.2) is 11.6 Å². The fourth-order valence-corrected chi connectivity index (χ4v) is 3.50. The summed E-state index contributed by atoms with van der Waals surface area (Å²) in [5, 5.41) is 0.128. The van der Waals surface area contributed by atoms with Gasteiger partial charge in [-0.1, -0.05) is 0 Å². The molecule has 128 valence electrons. The van der Waals surface area contributed by atoms with E-state index in [2.05, 4.69) is 4.98 Å². The fourth-order valence-electron chi connectivity index (χ4n) is 3.50. The Morgan fingerprint density at radius 2 is 2.08 bits per heavy atom. The van der Waals surface area contributed by atoms with Crippen LogP contribution in [0.15, 0.2) is 15.7 Å². The van der Waals surface area contributed by atoms with Crippen molar-refractivity contribution in [3.63, 3.8) is 0 Å². The molecule has 1 aromatic carbocycles.